The Hall–Kier alpha value is -2.67. The Labute approximate surface area is 149 Å². The Morgan fingerprint density at radius 3 is 2.92 bits per heavy atom. The van der Waals surface area contributed by atoms with Crippen LogP contribution < -0.4 is 15.2 Å². The molecule has 0 unspecified atom stereocenters. The van der Waals surface area contributed by atoms with Gasteiger partial charge in [-0.15, -0.1) is 5.10 Å². The van der Waals surface area contributed by atoms with Crippen LogP contribution in [0.4, 0.5) is 5.13 Å². The number of ether oxygens (including phenoxy) is 1. The van der Waals surface area contributed by atoms with Crippen molar-refractivity contribution in [2.45, 2.75) is 13.3 Å². The maximum atomic E-state index is 11.8. The van der Waals surface area contributed by atoms with E-state index in [-0.39, 0.29) is 5.56 Å². The van der Waals surface area contributed by atoms with E-state index in [9.17, 15) is 4.79 Å². The number of rotatable bonds is 4. The summed E-state index contributed by atoms with van der Waals surface area (Å²) in [7, 11) is 0. The first-order chi connectivity index (χ1) is 12.3. The van der Waals surface area contributed by atoms with Crippen LogP contribution in [0.2, 0.25) is 0 Å². The van der Waals surface area contributed by atoms with Crippen molar-refractivity contribution in [1.29, 1.82) is 0 Å². The fourth-order valence-electron chi connectivity index (χ4n) is 2.96. The summed E-state index contributed by atoms with van der Waals surface area (Å²) >= 11 is 1.44. The highest BCUT2D eigenvalue weighted by atomic mass is 32.1. The van der Waals surface area contributed by atoms with Crippen molar-refractivity contribution >= 4 is 27.0 Å². The van der Waals surface area contributed by atoms with Gasteiger partial charge in [0.2, 0.25) is 10.1 Å². The zero-order chi connectivity index (χ0) is 17.2. The number of fused-ring (bicyclic) bond motifs is 1. The largest absolute Gasteiger partial charge is 0.493 e. The number of anilines is 1. The summed E-state index contributed by atoms with van der Waals surface area (Å²) in [6.45, 7) is 4.26. The van der Waals surface area contributed by atoms with Gasteiger partial charge in [0.15, 0.2) is 0 Å². The monoisotopic (exact) mass is 354 g/mol. The molecule has 7 heteroatoms. The Kier molecular flexibility index (Phi) is 4.23. The first kappa shape index (κ1) is 15.8. The molecule has 3 heterocycles. The fraction of sp³-hybridized carbons (Fsp3) is 0.278. The highest BCUT2D eigenvalue weighted by Crippen LogP contribution is 2.32. The first-order valence-corrected chi connectivity index (χ1v) is 9.09. The summed E-state index contributed by atoms with van der Waals surface area (Å²) in [6, 6.07) is 9.58. The minimum atomic E-state index is -0.147. The van der Waals surface area contributed by atoms with E-state index in [4.69, 9.17) is 4.74 Å². The molecule has 0 amide bonds. The molecule has 0 aliphatic carbocycles. The second-order valence-corrected chi connectivity index (χ2v) is 6.65. The molecule has 0 bridgehead atoms. The molecule has 128 valence electrons. The molecule has 1 aliphatic rings. The molecule has 0 radical (unpaired) electrons. The lowest BCUT2D eigenvalue weighted by molar-refractivity contribution is 0.339. The van der Waals surface area contributed by atoms with Crippen LogP contribution in [-0.4, -0.2) is 34.3 Å². The molecule has 2 aromatic heterocycles. The molecule has 0 saturated heterocycles. The predicted molar refractivity (Wildman–Crippen MR) is 99.6 cm³/mol. The summed E-state index contributed by atoms with van der Waals surface area (Å²) in [6.07, 6.45) is 4.64. The number of nitrogens with zero attached hydrogens (tertiary/aromatic N) is 4. The normalized spacial score (nSPS) is 14.6. The predicted octanol–water partition coefficient (Wildman–Crippen LogP) is 2.84. The van der Waals surface area contributed by atoms with E-state index in [2.05, 4.69) is 27.1 Å². The Balaban J connectivity index is 1.59. The van der Waals surface area contributed by atoms with Gasteiger partial charge >= 0.3 is 0 Å². The molecule has 0 fully saturated rings. The zero-order valence-electron chi connectivity index (χ0n) is 13.9. The van der Waals surface area contributed by atoms with Crippen LogP contribution in [0.1, 0.15) is 18.9 Å². The van der Waals surface area contributed by atoms with E-state index in [1.807, 2.05) is 25.1 Å². The summed E-state index contributed by atoms with van der Waals surface area (Å²) < 4.78 is 7.11. The van der Waals surface area contributed by atoms with Crippen LogP contribution in [0.5, 0.6) is 5.75 Å². The van der Waals surface area contributed by atoms with Gasteiger partial charge in [-0.3, -0.25) is 4.79 Å². The van der Waals surface area contributed by atoms with Gasteiger partial charge in [-0.25, -0.2) is 4.98 Å². The number of aromatic nitrogens is 3. The Morgan fingerprint density at radius 2 is 2.16 bits per heavy atom. The van der Waals surface area contributed by atoms with Crippen molar-refractivity contribution in [1.82, 2.24) is 14.6 Å². The molecule has 0 spiro atoms. The lowest BCUT2D eigenvalue weighted by Gasteiger charge is -2.26. The highest BCUT2D eigenvalue weighted by Gasteiger charge is 2.19. The van der Waals surface area contributed by atoms with Gasteiger partial charge in [-0.05, 0) is 25.0 Å². The molecule has 0 N–H and O–H groups in total. The summed E-state index contributed by atoms with van der Waals surface area (Å²) in [5.41, 5.74) is 2.30. The van der Waals surface area contributed by atoms with Gasteiger partial charge < -0.3 is 9.64 Å². The van der Waals surface area contributed by atoms with E-state index in [0.717, 1.165) is 36.0 Å². The van der Waals surface area contributed by atoms with E-state index >= 15 is 0 Å². The van der Waals surface area contributed by atoms with Crippen molar-refractivity contribution in [2.24, 2.45) is 0 Å². The molecule has 1 aromatic carbocycles. The second kappa shape index (κ2) is 6.68. The third-order valence-electron chi connectivity index (χ3n) is 4.17. The average Bonchev–Trinajstić information content (AvgIpc) is 3.08. The Bertz CT molecular complexity index is 992. The number of benzene rings is 1. The minimum absolute atomic E-state index is 0.147. The van der Waals surface area contributed by atoms with Gasteiger partial charge in [-0.1, -0.05) is 35.6 Å². The molecule has 25 heavy (non-hydrogen) atoms. The van der Waals surface area contributed by atoms with Gasteiger partial charge in [0.05, 0.1) is 6.61 Å². The molecule has 1 aliphatic heterocycles. The molecular formula is C18H18N4O2S. The number of hydrogen-bond acceptors (Lipinski definition) is 6. The maximum Gasteiger partial charge on any atom is 0.275 e. The van der Waals surface area contributed by atoms with Gasteiger partial charge in [0, 0.05) is 30.9 Å². The van der Waals surface area contributed by atoms with Crippen molar-refractivity contribution in [3.05, 3.63) is 58.5 Å². The van der Waals surface area contributed by atoms with Crippen LogP contribution in [0.15, 0.2) is 47.4 Å². The van der Waals surface area contributed by atoms with Crippen LogP contribution >= 0.6 is 11.3 Å². The molecule has 3 aromatic rings. The van der Waals surface area contributed by atoms with E-state index in [1.165, 1.54) is 33.7 Å². The van der Waals surface area contributed by atoms with E-state index in [0.29, 0.717) is 11.6 Å². The summed E-state index contributed by atoms with van der Waals surface area (Å²) in [5.74, 6) is 0.931. The van der Waals surface area contributed by atoms with Crippen molar-refractivity contribution in [3.63, 3.8) is 0 Å². The lowest BCUT2D eigenvalue weighted by atomic mass is 9.99. The number of hydrogen-bond donors (Lipinski definition) is 0. The van der Waals surface area contributed by atoms with Gasteiger partial charge in [-0.2, -0.15) is 4.52 Å². The van der Waals surface area contributed by atoms with E-state index < -0.39 is 0 Å². The summed E-state index contributed by atoms with van der Waals surface area (Å²) in [4.78, 5) is 18.8. The molecule has 0 saturated carbocycles. The van der Waals surface area contributed by atoms with Crippen molar-refractivity contribution in [3.8, 4) is 5.75 Å². The average molecular weight is 354 g/mol. The zero-order valence-corrected chi connectivity index (χ0v) is 14.7. The molecular weight excluding hydrogens is 336 g/mol. The fourth-order valence-corrected chi connectivity index (χ4v) is 3.87. The smallest absolute Gasteiger partial charge is 0.275 e. The SMILES string of the molecule is CCOc1ccccc1C1=CCN(c2nn3c(=O)ccnc3s2)CC1. The third kappa shape index (κ3) is 3.02. The Morgan fingerprint density at radius 1 is 1.28 bits per heavy atom. The minimum Gasteiger partial charge on any atom is -0.493 e. The van der Waals surface area contributed by atoms with Crippen LogP contribution in [0.25, 0.3) is 10.5 Å². The van der Waals surface area contributed by atoms with Crippen molar-refractivity contribution < 1.29 is 4.74 Å². The van der Waals surface area contributed by atoms with Gasteiger partial charge in [0.1, 0.15) is 5.75 Å². The molecule has 4 rings (SSSR count). The number of para-hydroxylation sites is 1. The quantitative estimate of drug-likeness (QED) is 0.721. The second-order valence-electron chi connectivity index (χ2n) is 5.72. The third-order valence-corrected chi connectivity index (χ3v) is 5.16. The standard InChI is InChI=1S/C18H18N4O2S/c1-2-24-15-6-4-3-5-14(15)13-8-11-21(12-9-13)18-20-22-16(23)7-10-19-17(22)25-18/h3-8,10H,2,9,11-12H2,1H3. The van der Waals surface area contributed by atoms with Crippen LogP contribution in [-0.2, 0) is 0 Å². The maximum absolute atomic E-state index is 11.8. The highest BCUT2D eigenvalue weighted by molar-refractivity contribution is 7.20. The van der Waals surface area contributed by atoms with E-state index in [1.54, 1.807) is 0 Å². The summed E-state index contributed by atoms with van der Waals surface area (Å²) in [5, 5.41) is 5.24. The van der Waals surface area contributed by atoms with Crippen LogP contribution in [0.3, 0.4) is 0 Å². The first-order valence-electron chi connectivity index (χ1n) is 8.27. The van der Waals surface area contributed by atoms with Crippen LogP contribution in [0, 0.1) is 0 Å². The molecule has 0 atom stereocenters. The lowest BCUT2D eigenvalue weighted by Crippen LogP contribution is -2.28. The van der Waals surface area contributed by atoms with Gasteiger partial charge in [0.25, 0.3) is 5.56 Å². The molecule has 6 nitrogen and oxygen atoms in total. The van der Waals surface area contributed by atoms with Crippen molar-refractivity contribution in [2.75, 3.05) is 24.6 Å². The topological polar surface area (TPSA) is 59.7 Å².